The average Bonchev–Trinajstić information content (AvgIpc) is 3.03. The van der Waals surface area contributed by atoms with Crippen LogP contribution >= 0.6 is 0 Å². The first-order valence-electron chi connectivity index (χ1n) is 6.93. The van der Waals surface area contributed by atoms with E-state index in [1.807, 2.05) is 0 Å². The van der Waals surface area contributed by atoms with Crippen molar-refractivity contribution < 1.29 is 18.7 Å². The van der Waals surface area contributed by atoms with Crippen molar-refractivity contribution in [3.8, 4) is 0 Å². The minimum atomic E-state index is -0.885. The number of H-pyrrole nitrogens is 1. The Balaban J connectivity index is 1.74. The lowest BCUT2D eigenvalue weighted by molar-refractivity contribution is -0.129. The highest BCUT2D eigenvalue weighted by atomic mass is 19.1. The first-order valence-corrected chi connectivity index (χ1v) is 6.93. The van der Waals surface area contributed by atoms with Crippen LogP contribution in [0.5, 0.6) is 0 Å². The molecule has 1 amide bonds. The van der Waals surface area contributed by atoms with Gasteiger partial charge in [-0.3, -0.25) is 4.79 Å². The number of rotatable bonds is 6. The zero-order valence-corrected chi connectivity index (χ0v) is 12.1. The van der Waals surface area contributed by atoms with Gasteiger partial charge in [0.25, 0.3) is 5.91 Å². The van der Waals surface area contributed by atoms with Crippen molar-refractivity contribution in [3.63, 3.8) is 0 Å². The summed E-state index contributed by atoms with van der Waals surface area (Å²) in [5.74, 6) is -1.24. The Labute approximate surface area is 127 Å². The Kier molecular flexibility index (Phi) is 5.30. The molecule has 0 bridgehead atoms. The number of carbonyl (C=O) groups is 2. The predicted octanol–water partition coefficient (Wildman–Crippen LogP) is 2.06. The van der Waals surface area contributed by atoms with Crippen LogP contribution in [0.2, 0.25) is 0 Å². The van der Waals surface area contributed by atoms with E-state index in [0.29, 0.717) is 18.7 Å². The number of amides is 1. The second-order valence-electron chi connectivity index (χ2n) is 4.80. The lowest BCUT2D eigenvalue weighted by atomic mass is 10.1. The van der Waals surface area contributed by atoms with Gasteiger partial charge in [-0.2, -0.15) is 0 Å². The largest absolute Gasteiger partial charge is 0.448 e. The predicted molar refractivity (Wildman–Crippen MR) is 78.8 cm³/mol. The standard InChI is InChI=1S/C16H17FN2O3/c1-11(22-16(21)14-3-2-9-18-14)15(20)19-10-8-12-4-6-13(17)7-5-12/h2-7,9,11,18H,8,10H2,1H3,(H,19,20)/t11-/m1/s1. The highest BCUT2D eigenvalue weighted by Crippen LogP contribution is 2.04. The molecular weight excluding hydrogens is 287 g/mol. The highest BCUT2D eigenvalue weighted by Gasteiger charge is 2.18. The van der Waals surface area contributed by atoms with Gasteiger partial charge in [0, 0.05) is 12.7 Å². The van der Waals surface area contributed by atoms with Gasteiger partial charge in [0.1, 0.15) is 11.5 Å². The Morgan fingerprint density at radius 1 is 1.27 bits per heavy atom. The number of benzene rings is 1. The molecule has 1 atom stereocenters. The molecule has 1 aromatic carbocycles. The molecular formula is C16H17FN2O3. The number of carbonyl (C=O) groups excluding carboxylic acids is 2. The number of hydrogen-bond acceptors (Lipinski definition) is 3. The van der Waals surface area contributed by atoms with Gasteiger partial charge in [-0.05, 0) is 43.2 Å². The molecule has 0 unspecified atom stereocenters. The smallest absolute Gasteiger partial charge is 0.355 e. The molecule has 0 aliphatic carbocycles. The molecule has 2 aromatic rings. The van der Waals surface area contributed by atoms with Gasteiger partial charge in [0.2, 0.25) is 0 Å². The fraction of sp³-hybridized carbons (Fsp3) is 0.250. The third kappa shape index (κ3) is 4.44. The van der Waals surface area contributed by atoms with E-state index in [1.54, 1.807) is 30.5 Å². The van der Waals surface area contributed by atoms with Crippen molar-refractivity contribution in [2.75, 3.05) is 6.54 Å². The molecule has 2 N–H and O–H groups in total. The lowest BCUT2D eigenvalue weighted by Crippen LogP contribution is -2.36. The van der Waals surface area contributed by atoms with E-state index in [0.717, 1.165) is 5.56 Å². The average molecular weight is 304 g/mol. The summed E-state index contributed by atoms with van der Waals surface area (Å²) in [6.45, 7) is 1.89. The summed E-state index contributed by atoms with van der Waals surface area (Å²) in [7, 11) is 0. The van der Waals surface area contributed by atoms with E-state index in [4.69, 9.17) is 4.74 Å². The number of hydrogen-bond donors (Lipinski definition) is 2. The van der Waals surface area contributed by atoms with Gasteiger partial charge in [-0.25, -0.2) is 9.18 Å². The summed E-state index contributed by atoms with van der Waals surface area (Å²) in [6, 6.07) is 9.31. The van der Waals surface area contributed by atoms with E-state index in [9.17, 15) is 14.0 Å². The molecule has 116 valence electrons. The molecule has 5 nitrogen and oxygen atoms in total. The van der Waals surface area contributed by atoms with Crippen LogP contribution in [0, 0.1) is 5.82 Å². The van der Waals surface area contributed by atoms with Crippen molar-refractivity contribution >= 4 is 11.9 Å². The Bertz CT molecular complexity index is 623. The second-order valence-corrected chi connectivity index (χ2v) is 4.80. The molecule has 22 heavy (non-hydrogen) atoms. The molecule has 1 aromatic heterocycles. The summed E-state index contributed by atoms with van der Waals surface area (Å²) in [4.78, 5) is 26.2. The van der Waals surface area contributed by atoms with Crippen LogP contribution < -0.4 is 5.32 Å². The van der Waals surface area contributed by atoms with Crippen LogP contribution in [0.4, 0.5) is 4.39 Å². The van der Waals surface area contributed by atoms with Crippen molar-refractivity contribution in [3.05, 3.63) is 59.7 Å². The number of aromatic nitrogens is 1. The van der Waals surface area contributed by atoms with Crippen LogP contribution in [0.1, 0.15) is 23.0 Å². The normalized spacial score (nSPS) is 11.7. The molecule has 0 aliphatic heterocycles. The fourth-order valence-electron chi connectivity index (χ4n) is 1.86. The van der Waals surface area contributed by atoms with E-state index < -0.39 is 12.1 Å². The maximum atomic E-state index is 12.8. The minimum absolute atomic E-state index is 0.294. The van der Waals surface area contributed by atoms with Gasteiger partial charge < -0.3 is 15.0 Å². The van der Waals surface area contributed by atoms with Crippen molar-refractivity contribution in [1.82, 2.24) is 10.3 Å². The lowest BCUT2D eigenvalue weighted by Gasteiger charge is -2.13. The van der Waals surface area contributed by atoms with Crippen molar-refractivity contribution in [1.29, 1.82) is 0 Å². The van der Waals surface area contributed by atoms with E-state index >= 15 is 0 Å². The molecule has 6 heteroatoms. The number of aromatic amines is 1. The molecule has 2 rings (SSSR count). The first kappa shape index (κ1) is 15.8. The number of ether oxygens (including phenoxy) is 1. The van der Waals surface area contributed by atoms with Crippen LogP contribution in [0.25, 0.3) is 0 Å². The SMILES string of the molecule is C[C@@H](OC(=O)c1ccc[nH]1)C(=O)NCCc1ccc(F)cc1. The summed E-state index contributed by atoms with van der Waals surface area (Å²) in [5.41, 5.74) is 1.21. The molecule has 0 fully saturated rings. The molecule has 1 heterocycles. The van der Waals surface area contributed by atoms with Crippen LogP contribution in [-0.4, -0.2) is 29.5 Å². The maximum absolute atomic E-state index is 12.8. The van der Waals surface area contributed by atoms with Gasteiger partial charge in [0.15, 0.2) is 6.10 Å². The van der Waals surface area contributed by atoms with Crippen LogP contribution in [0.15, 0.2) is 42.6 Å². The molecule has 0 spiro atoms. The number of esters is 1. The van der Waals surface area contributed by atoms with E-state index in [-0.39, 0.29) is 11.7 Å². The van der Waals surface area contributed by atoms with Crippen LogP contribution in [-0.2, 0) is 16.0 Å². The number of halogens is 1. The summed E-state index contributed by atoms with van der Waals surface area (Å²) < 4.78 is 17.8. The summed E-state index contributed by atoms with van der Waals surface area (Å²) in [6.07, 6.45) is 1.29. The summed E-state index contributed by atoms with van der Waals surface area (Å²) in [5, 5.41) is 2.68. The monoisotopic (exact) mass is 304 g/mol. The van der Waals surface area contributed by atoms with Crippen molar-refractivity contribution in [2.24, 2.45) is 0 Å². The molecule has 0 aliphatic rings. The second kappa shape index (κ2) is 7.40. The zero-order chi connectivity index (χ0) is 15.9. The van der Waals surface area contributed by atoms with Gasteiger partial charge in [-0.15, -0.1) is 0 Å². The zero-order valence-electron chi connectivity index (χ0n) is 12.1. The van der Waals surface area contributed by atoms with Gasteiger partial charge in [0.05, 0.1) is 0 Å². The Hall–Kier alpha value is -2.63. The quantitative estimate of drug-likeness (QED) is 0.802. The van der Waals surface area contributed by atoms with E-state index in [1.165, 1.54) is 19.1 Å². The minimum Gasteiger partial charge on any atom is -0.448 e. The molecule has 0 saturated heterocycles. The Morgan fingerprint density at radius 3 is 2.64 bits per heavy atom. The Morgan fingerprint density at radius 2 is 2.00 bits per heavy atom. The first-order chi connectivity index (χ1) is 10.6. The molecule has 0 saturated carbocycles. The van der Waals surface area contributed by atoms with Gasteiger partial charge in [-0.1, -0.05) is 12.1 Å². The topological polar surface area (TPSA) is 71.2 Å². The maximum Gasteiger partial charge on any atom is 0.355 e. The number of nitrogens with one attached hydrogen (secondary N) is 2. The van der Waals surface area contributed by atoms with Crippen molar-refractivity contribution in [2.45, 2.75) is 19.4 Å². The highest BCUT2D eigenvalue weighted by molar-refractivity contribution is 5.90. The molecule has 0 radical (unpaired) electrons. The van der Waals surface area contributed by atoms with E-state index in [2.05, 4.69) is 10.3 Å². The van der Waals surface area contributed by atoms with Gasteiger partial charge >= 0.3 is 5.97 Å². The summed E-state index contributed by atoms with van der Waals surface area (Å²) >= 11 is 0. The third-order valence-corrected chi connectivity index (χ3v) is 3.10. The van der Waals surface area contributed by atoms with Crippen LogP contribution in [0.3, 0.4) is 0 Å². The third-order valence-electron chi connectivity index (χ3n) is 3.10. The fourth-order valence-corrected chi connectivity index (χ4v) is 1.86.